The minimum atomic E-state index is 0.0699. The van der Waals surface area contributed by atoms with Crippen molar-refractivity contribution in [1.82, 2.24) is 4.90 Å². The van der Waals surface area contributed by atoms with Crippen molar-refractivity contribution in [1.29, 1.82) is 0 Å². The Kier molecular flexibility index (Phi) is 5.29. The molecule has 122 valence electrons. The SMILES string of the molecule is COc1cc(C)c(CN(C)C(=O)C2CCC(N)C2)cc1OC. The largest absolute Gasteiger partial charge is 0.493 e. The number of methoxy groups -OCH3 is 2. The van der Waals surface area contributed by atoms with Gasteiger partial charge in [0.15, 0.2) is 11.5 Å². The average Bonchev–Trinajstić information content (AvgIpc) is 2.94. The molecule has 1 aromatic rings. The van der Waals surface area contributed by atoms with E-state index in [0.29, 0.717) is 18.0 Å². The van der Waals surface area contributed by atoms with Gasteiger partial charge in [-0.2, -0.15) is 0 Å². The first-order valence-corrected chi connectivity index (χ1v) is 7.68. The van der Waals surface area contributed by atoms with E-state index in [-0.39, 0.29) is 17.9 Å². The van der Waals surface area contributed by atoms with Gasteiger partial charge in [-0.3, -0.25) is 4.79 Å². The second-order valence-electron chi connectivity index (χ2n) is 6.10. The van der Waals surface area contributed by atoms with Gasteiger partial charge in [-0.1, -0.05) is 0 Å². The van der Waals surface area contributed by atoms with Crippen LogP contribution in [0.5, 0.6) is 11.5 Å². The summed E-state index contributed by atoms with van der Waals surface area (Å²) in [5.74, 6) is 1.65. The lowest BCUT2D eigenvalue weighted by Gasteiger charge is -2.23. The van der Waals surface area contributed by atoms with Crippen LogP contribution in [0.4, 0.5) is 0 Å². The molecule has 2 rings (SSSR count). The second-order valence-corrected chi connectivity index (χ2v) is 6.10. The number of rotatable bonds is 5. The Morgan fingerprint density at radius 3 is 2.45 bits per heavy atom. The molecule has 0 heterocycles. The monoisotopic (exact) mass is 306 g/mol. The molecule has 2 atom stereocenters. The zero-order chi connectivity index (χ0) is 16.3. The highest BCUT2D eigenvalue weighted by Crippen LogP contribution is 2.31. The number of hydrogen-bond donors (Lipinski definition) is 1. The summed E-state index contributed by atoms with van der Waals surface area (Å²) in [6.45, 7) is 2.58. The van der Waals surface area contributed by atoms with Crippen molar-refractivity contribution >= 4 is 5.91 Å². The summed E-state index contributed by atoms with van der Waals surface area (Å²) in [6, 6.07) is 4.06. The smallest absolute Gasteiger partial charge is 0.225 e. The van der Waals surface area contributed by atoms with Crippen molar-refractivity contribution in [2.45, 2.75) is 38.8 Å². The number of nitrogens with zero attached hydrogens (tertiary/aromatic N) is 1. The van der Waals surface area contributed by atoms with Crippen LogP contribution in [0, 0.1) is 12.8 Å². The zero-order valence-electron chi connectivity index (χ0n) is 13.9. The van der Waals surface area contributed by atoms with E-state index in [4.69, 9.17) is 15.2 Å². The Hall–Kier alpha value is -1.75. The Morgan fingerprint density at radius 2 is 1.91 bits per heavy atom. The predicted octanol–water partition coefficient (Wildman–Crippen LogP) is 2.10. The standard InChI is InChI=1S/C17H26N2O3/c1-11-7-15(21-3)16(22-4)9-13(11)10-19(2)17(20)12-5-6-14(18)8-12/h7,9,12,14H,5-6,8,10,18H2,1-4H3. The third-order valence-electron chi connectivity index (χ3n) is 4.45. The lowest BCUT2D eigenvalue weighted by atomic mass is 10.0. The van der Waals surface area contributed by atoms with Crippen LogP contribution in [0.3, 0.4) is 0 Å². The molecule has 1 aliphatic carbocycles. The lowest BCUT2D eigenvalue weighted by molar-refractivity contribution is -0.134. The number of aryl methyl sites for hydroxylation is 1. The zero-order valence-corrected chi connectivity index (χ0v) is 13.9. The summed E-state index contributed by atoms with van der Waals surface area (Å²) in [6.07, 6.45) is 2.64. The van der Waals surface area contributed by atoms with E-state index in [9.17, 15) is 4.79 Å². The first-order valence-electron chi connectivity index (χ1n) is 7.68. The average molecular weight is 306 g/mol. The van der Waals surface area contributed by atoms with Crippen LogP contribution >= 0.6 is 0 Å². The van der Waals surface area contributed by atoms with E-state index in [0.717, 1.165) is 30.4 Å². The number of ether oxygens (including phenoxy) is 2. The van der Waals surface area contributed by atoms with Gasteiger partial charge in [0, 0.05) is 25.6 Å². The fourth-order valence-corrected chi connectivity index (χ4v) is 3.08. The quantitative estimate of drug-likeness (QED) is 0.905. The minimum absolute atomic E-state index is 0.0699. The van der Waals surface area contributed by atoms with Gasteiger partial charge in [-0.25, -0.2) is 0 Å². The van der Waals surface area contributed by atoms with Crippen molar-refractivity contribution in [3.05, 3.63) is 23.3 Å². The Labute approximate surface area is 132 Å². The fourth-order valence-electron chi connectivity index (χ4n) is 3.08. The molecule has 0 aliphatic heterocycles. The molecule has 1 fully saturated rings. The predicted molar refractivity (Wildman–Crippen MR) is 86.1 cm³/mol. The molecule has 1 aliphatic rings. The van der Waals surface area contributed by atoms with Crippen molar-refractivity contribution < 1.29 is 14.3 Å². The molecule has 5 heteroatoms. The highest BCUT2D eigenvalue weighted by molar-refractivity contribution is 5.79. The van der Waals surface area contributed by atoms with E-state index in [1.54, 1.807) is 19.1 Å². The van der Waals surface area contributed by atoms with Crippen LogP contribution in [0.2, 0.25) is 0 Å². The second kappa shape index (κ2) is 7.01. The number of carbonyl (C=O) groups excluding carboxylic acids is 1. The van der Waals surface area contributed by atoms with Crippen LogP contribution < -0.4 is 15.2 Å². The Morgan fingerprint density at radius 1 is 1.27 bits per heavy atom. The Bertz CT molecular complexity index is 545. The molecule has 0 spiro atoms. The van der Waals surface area contributed by atoms with Gasteiger partial charge in [-0.05, 0) is 49.4 Å². The molecule has 0 radical (unpaired) electrons. The Balaban J connectivity index is 2.11. The van der Waals surface area contributed by atoms with Gasteiger partial charge in [0.1, 0.15) is 0 Å². The molecule has 2 unspecified atom stereocenters. The molecule has 1 saturated carbocycles. The van der Waals surface area contributed by atoms with Gasteiger partial charge in [0.25, 0.3) is 0 Å². The molecule has 5 nitrogen and oxygen atoms in total. The molecular formula is C17H26N2O3. The van der Waals surface area contributed by atoms with Crippen LogP contribution in [0.1, 0.15) is 30.4 Å². The number of benzene rings is 1. The van der Waals surface area contributed by atoms with E-state index in [2.05, 4.69) is 0 Å². The van der Waals surface area contributed by atoms with E-state index in [1.165, 1.54) is 0 Å². The number of carbonyl (C=O) groups is 1. The molecular weight excluding hydrogens is 280 g/mol. The maximum Gasteiger partial charge on any atom is 0.225 e. The summed E-state index contributed by atoms with van der Waals surface area (Å²) in [4.78, 5) is 14.3. The third-order valence-corrected chi connectivity index (χ3v) is 4.45. The number of nitrogens with two attached hydrogens (primary N) is 1. The van der Waals surface area contributed by atoms with Crippen LogP contribution in [0.15, 0.2) is 12.1 Å². The summed E-state index contributed by atoms with van der Waals surface area (Å²) in [7, 11) is 5.09. The van der Waals surface area contributed by atoms with Gasteiger partial charge in [-0.15, -0.1) is 0 Å². The first kappa shape index (κ1) is 16.6. The normalized spacial score (nSPS) is 20.8. The minimum Gasteiger partial charge on any atom is -0.493 e. The van der Waals surface area contributed by atoms with Crippen molar-refractivity contribution in [3.63, 3.8) is 0 Å². The molecule has 1 amide bonds. The third kappa shape index (κ3) is 3.53. The molecule has 2 N–H and O–H groups in total. The highest BCUT2D eigenvalue weighted by Gasteiger charge is 2.29. The van der Waals surface area contributed by atoms with Gasteiger partial charge >= 0.3 is 0 Å². The first-order chi connectivity index (χ1) is 10.5. The van der Waals surface area contributed by atoms with Gasteiger partial charge in [0.05, 0.1) is 14.2 Å². The highest BCUT2D eigenvalue weighted by atomic mass is 16.5. The molecule has 0 saturated heterocycles. The number of amides is 1. The summed E-state index contributed by atoms with van der Waals surface area (Å²) in [5.41, 5.74) is 8.06. The van der Waals surface area contributed by atoms with Crippen molar-refractivity contribution in [2.24, 2.45) is 11.7 Å². The summed E-state index contributed by atoms with van der Waals surface area (Å²) in [5, 5.41) is 0. The van der Waals surface area contributed by atoms with Crippen LogP contribution in [-0.4, -0.2) is 38.1 Å². The molecule has 0 aromatic heterocycles. The summed E-state index contributed by atoms with van der Waals surface area (Å²) >= 11 is 0. The maximum atomic E-state index is 12.5. The topological polar surface area (TPSA) is 64.8 Å². The molecule has 22 heavy (non-hydrogen) atoms. The van der Waals surface area contributed by atoms with Crippen LogP contribution in [-0.2, 0) is 11.3 Å². The van der Waals surface area contributed by atoms with Crippen LogP contribution in [0.25, 0.3) is 0 Å². The van der Waals surface area contributed by atoms with E-state index >= 15 is 0 Å². The maximum absolute atomic E-state index is 12.5. The molecule has 0 bridgehead atoms. The van der Waals surface area contributed by atoms with E-state index in [1.807, 2.05) is 26.1 Å². The number of hydrogen-bond acceptors (Lipinski definition) is 4. The van der Waals surface area contributed by atoms with Gasteiger partial charge < -0.3 is 20.1 Å². The summed E-state index contributed by atoms with van der Waals surface area (Å²) < 4.78 is 10.6. The van der Waals surface area contributed by atoms with E-state index < -0.39 is 0 Å². The van der Waals surface area contributed by atoms with Crippen molar-refractivity contribution in [2.75, 3.05) is 21.3 Å². The van der Waals surface area contributed by atoms with Gasteiger partial charge in [0.2, 0.25) is 5.91 Å². The fraction of sp³-hybridized carbons (Fsp3) is 0.588. The molecule has 1 aromatic carbocycles. The van der Waals surface area contributed by atoms with Crippen molar-refractivity contribution in [3.8, 4) is 11.5 Å². The lowest BCUT2D eigenvalue weighted by Crippen LogP contribution is -2.32.